The van der Waals surface area contributed by atoms with Gasteiger partial charge in [-0.15, -0.1) is 0 Å². The van der Waals surface area contributed by atoms with Crippen molar-refractivity contribution in [2.75, 3.05) is 8.86 Å². The number of alkyl halides is 2. The predicted octanol–water partition coefficient (Wildman–Crippen LogP) is -2.35. The summed E-state index contributed by atoms with van der Waals surface area (Å²) in [7, 11) is 0. The summed E-state index contributed by atoms with van der Waals surface area (Å²) in [6, 6.07) is 5.26. The van der Waals surface area contributed by atoms with E-state index >= 15 is 0 Å². The first-order valence-electron chi connectivity index (χ1n) is 3.02. The molecule has 0 saturated carbocycles. The summed E-state index contributed by atoms with van der Waals surface area (Å²) < 4.78 is 1.47. The summed E-state index contributed by atoms with van der Waals surface area (Å²) in [6.07, 6.45) is 0. The molecule has 0 spiro atoms. The van der Waals surface area contributed by atoms with Crippen molar-refractivity contribution in [1.82, 2.24) is 0 Å². The molecule has 0 atom stereocenters. The van der Waals surface area contributed by atoms with Crippen LogP contribution in [0, 0.1) is 39.4 Å². The Morgan fingerprint density at radius 2 is 1.64 bits per heavy atom. The predicted molar refractivity (Wildman–Crippen MR) is 34.7 cm³/mol. The normalized spacial score (nSPS) is 9.27. The van der Waals surface area contributed by atoms with Gasteiger partial charge in [-0.25, -0.2) is 0 Å². The van der Waals surface area contributed by atoms with Gasteiger partial charge >= 0.3 is 0 Å². The van der Waals surface area contributed by atoms with Gasteiger partial charge in [0.25, 0.3) is 26.6 Å². The summed E-state index contributed by atoms with van der Waals surface area (Å²) in [5.74, 6) is 0. The fraction of sp³-hybridized carbons (Fsp3) is 0.571. The van der Waals surface area contributed by atoms with Gasteiger partial charge in [-0.1, -0.05) is 0 Å². The van der Waals surface area contributed by atoms with Gasteiger partial charge in [-0.05, 0) is 6.92 Å². The summed E-state index contributed by atoms with van der Waals surface area (Å²) in [6.45, 7) is 2.00. The SMILES string of the molecule is CC[I+]CC(C#N)(C#N)C#N. The lowest BCUT2D eigenvalue weighted by molar-refractivity contribution is -0.657. The molecular formula is C7H7IN3+. The van der Waals surface area contributed by atoms with Gasteiger partial charge in [0.15, 0.2) is 4.43 Å². The van der Waals surface area contributed by atoms with Crippen LogP contribution in [-0.2, 0) is 0 Å². The Balaban J connectivity index is 4.28. The van der Waals surface area contributed by atoms with Crippen LogP contribution in [0.2, 0.25) is 0 Å². The lowest BCUT2D eigenvalue weighted by Gasteiger charge is -1.97. The average molecular weight is 260 g/mol. The van der Waals surface area contributed by atoms with Crippen molar-refractivity contribution in [2.24, 2.45) is 5.41 Å². The zero-order valence-electron chi connectivity index (χ0n) is 6.13. The number of hydrogen-bond donors (Lipinski definition) is 0. The van der Waals surface area contributed by atoms with Crippen molar-refractivity contribution in [3.05, 3.63) is 0 Å². The van der Waals surface area contributed by atoms with E-state index in [0.29, 0.717) is 4.43 Å². The second kappa shape index (κ2) is 4.93. The van der Waals surface area contributed by atoms with Gasteiger partial charge in [-0.3, -0.25) is 0 Å². The summed E-state index contributed by atoms with van der Waals surface area (Å²) in [4.78, 5) is 0. The fourth-order valence-corrected chi connectivity index (χ4v) is 2.26. The summed E-state index contributed by atoms with van der Waals surface area (Å²) >= 11 is -0.148. The van der Waals surface area contributed by atoms with E-state index in [1.807, 2.05) is 6.92 Å². The highest BCUT2D eigenvalue weighted by molar-refractivity contribution is 5.25. The molecule has 0 aromatic rings. The van der Waals surface area contributed by atoms with Crippen LogP contribution >= 0.6 is 0 Å². The molecule has 0 heterocycles. The smallest absolute Gasteiger partial charge is 0.195 e. The molecule has 0 radical (unpaired) electrons. The molecule has 11 heavy (non-hydrogen) atoms. The quantitative estimate of drug-likeness (QED) is 0.421. The van der Waals surface area contributed by atoms with Gasteiger partial charge in [0.1, 0.15) is 22.6 Å². The Morgan fingerprint density at radius 3 is 1.91 bits per heavy atom. The zero-order chi connectivity index (χ0) is 8.74. The topological polar surface area (TPSA) is 71.4 Å². The Bertz CT molecular complexity index is 204. The number of nitriles is 3. The Kier molecular flexibility index (Phi) is 4.57. The van der Waals surface area contributed by atoms with Crippen molar-refractivity contribution in [3.63, 3.8) is 0 Å². The first-order chi connectivity index (χ1) is 5.24. The third-order valence-electron chi connectivity index (χ3n) is 1.06. The minimum atomic E-state index is -1.36. The summed E-state index contributed by atoms with van der Waals surface area (Å²) in [5, 5.41) is 25.6. The van der Waals surface area contributed by atoms with Gasteiger partial charge < -0.3 is 0 Å². The third kappa shape index (κ3) is 2.74. The molecule has 0 aliphatic heterocycles. The molecule has 0 aliphatic rings. The van der Waals surface area contributed by atoms with E-state index in [-0.39, 0.29) is 21.2 Å². The lowest BCUT2D eigenvalue weighted by atomic mass is 9.98. The van der Waals surface area contributed by atoms with E-state index in [1.54, 1.807) is 18.2 Å². The second-order valence-corrected chi connectivity index (χ2v) is 5.20. The van der Waals surface area contributed by atoms with E-state index in [4.69, 9.17) is 15.8 Å². The van der Waals surface area contributed by atoms with Gasteiger partial charge in [-0.2, -0.15) is 15.8 Å². The standard InChI is InChI=1S/C7H7IN3/c1-2-8-3-7(4-9,5-10)6-11/h2-3H2,1H3/q+1. The molecule has 0 N–H and O–H groups in total. The van der Waals surface area contributed by atoms with E-state index in [2.05, 4.69) is 0 Å². The van der Waals surface area contributed by atoms with Crippen LogP contribution < -0.4 is 21.2 Å². The van der Waals surface area contributed by atoms with Crippen LogP contribution in [0.4, 0.5) is 0 Å². The van der Waals surface area contributed by atoms with E-state index < -0.39 is 5.41 Å². The molecule has 0 aliphatic carbocycles. The number of rotatable bonds is 3. The largest absolute Gasteiger partial charge is 0.272 e. The van der Waals surface area contributed by atoms with Crippen molar-refractivity contribution >= 4 is 0 Å². The minimum Gasteiger partial charge on any atom is -0.195 e. The minimum absolute atomic E-state index is 0.148. The molecule has 0 rings (SSSR count). The van der Waals surface area contributed by atoms with Gasteiger partial charge in [0.05, 0.1) is 0 Å². The Morgan fingerprint density at radius 1 is 1.18 bits per heavy atom. The third-order valence-corrected chi connectivity index (χ3v) is 3.82. The first-order valence-corrected chi connectivity index (χ1v) is 6.07. The average Bonchev–Trinajstić information content (AvgIpc) is 2.08. The highest BCUT2D eigenvalue weighted by Gasteiger charge is 2.36. The van der Waals surface area contributed by atoms with Crippen molar-refractivity contribution in [3.8, 4) is 18.2 Å². The van der Waals surface area contributed by atoms with Gasteiger partial charge in [0, 0.05) is 0 Å². The molecule has 0 fully saturated rings. The molecule has 0 aromatic carbocycles. The molecule has 3 nitrogen and oxygen atoms in total. The maximum atomic E-state index is 8.53. The van der Waals surface area contributed by atoms with Crippen molar-refractivity contribution < 1.29 is 21.2 Å². The highest BCUT2D eigenvalue weighted by Crippen LogP contribution is 2.07. The van der Waals surface area contributed by atoms with Crippen molar-refractivity contribution in [2.45, 2.75) is 6.92 Å². The molecular weight excluding hydrogens is 253 g/mol. The number of halogens is 1. The van der Waals surface area contributed by atoms with Crippen LogP contribution in [0.3, 0.4) is 0 Å². The zero-order valence-corrected chi connectivity index (χ0v) is 8.29. The van der Waals surface area contributed by atoms with Crippen LogP contribution in [0.25, 0.3) is 0 Å². The van der Waals surface area contributed by atoms with Crippen molar-refractivity contribution in [1.29, 1.82) is 15.8 Å². The molecule has 0 bridgehead atoms. The molecule has 0 amide bonds. The van der Waals surface area contributed by atoms with Crippen LogP contribution in [0.1, 0.15) is 6.92 Å². The second-order valence-electron chi connectivity index (χ2n) is 1.83. The van der Waals surface area contributed by atoms with Crippen LogP contribution in [0.15, 0.2) is 0 Å². The maximum Gasteiger partial charge on any atom is 0.272 e. The molecule has 56 valence electrons. The van der Waals surface area contributed by atoms with E-state index in [9.17, 15) is 0 Å². The number of hydrogen-bond acceptors (Lipinski definition) is 3. The lowest BCUT2D eigenvalue weighted by Crippen LogP contribution is -3.64. The highest BCUT2D eigenvalue weighted by atomic mass is 127. The maximum absolute atomic E-state index is 8.53. The Labute approximate surface area is 76.5 Å². The first kappa shape index (κ1) is 10.2. The monoisotopic (exact) mass is 260 g/mol. The van der Waals surface area contributed by atoms with Crippen LogP contribution in [0.5, 0.6) is 0 Å². The number of nitrogens with zero attached hydrogens (tertiary/aromatic N) is 3. The van der Waals surface area contributed by atoms with Gasteiger partial charge in [0.2, 0.25) is 0 Å². The summed E-state index contributed by atoms with van der Waals surface area (Å²) in [5.41, 5.74) is -1.36. The molecule has 0 unspecified atom stereocenters. The molecule has 0 aromatic heterocycles. The molecule has 0 saturated heterocycles. The van der Waals surface area contributed by atoms with Crippen LogP contribution in [-0.4, -0.2) is 8.86 Å². The van der Waals surface area contributed by atoms with E-state index in [0.717, 1.165) is 4.43 Å². The van der Waals surface area contributed by atoms with E-state index in [1.165, 1.54) is 0 Å². The Hall–Kier alpha value is -0.800. The fourth-order valence-electron chi connectivity index (χ4n) is 0.401. The molecule has 4 heteroatoms.